The van der Waals surface area contributed by atoms with Crippen molar-refractivity contribution in [1.29, 1.82) is 0 Å². The number of hydrazine groups is 1. The Hall–Kier alpha value is -3.32. The number of aromatic amines is 1. The van der Waals surface area contributed by atoms with E-state index in [1.807, 2.05) is 33.0 Å². The summed E-state index contributed by atoms with van der Waals surface area (Å²) in [5, 5.41) is 6.31. The molecule has 1 atom stereocenters. The van der Waals surface area contributed by atoms with Gasteiger partial charge in [0.15, 0.2) is 0 Å². The monoisotopic (exact) mass is 445 g/mol. The first-order valence-electron chi connectivity index (χ1n) is 11.6. The summed E-state index contributed by atoms with van der Waals surface area (Å²) in [5.41, 5.74) is 10.9. The first kappa shape index (κ1) is 21.5. The molecule has 1 saturated carbocycles. The standard InChI is InChI=1S/C26H31N5O2/c1-6-17(16-7-8-16)24(13(2)30-27)26-25-18-12-22(32-5)19(23-14(3)31-33-15(23)4)11-21(18)29-20(25)9-10-28-26/h9-12,16-17,29-30H,6-8,27H2,1-5H3/b24-13+. The molecular weight excluding hydrogens is 414 g/mol. The van der Waals surface area contributed by atoms with Crippen LogP contribution in [0.3, 0.4) is 0 Å². The summed E-state index contributed by atoms with van der Waals surface area (Å²) < 4.78 is 11.3. The van der Waals surface area contributed by atoms with Crippen molar-refractivity contribution < 1.29 is 9.26 Å². The number of nitrogens with two attached hydrogens (primary N) is 1. The van der Waals surface area contributed by atoms with Gasteiger partial charge >= 0.3 is 0 Å². The molecule has 1 fully saturated rings. The molecule has 0 spiro atoms. The van der Waals surface area contributed by atoms with Gasteiger partial charge in [0.1, 0.15) is 11.5 Å². The molecule has 7 heteroatoms. The minimum Gasteiger partial charge on any atom is -0.496 e. The number of fused-ring (bicyclic) bond motifs is 3. The van der Waals surface area contributed by atoms with Gasteiger partial charge in [-0.05, 0) is 70.1 Å². The van der Waals surface area contributed by atoms with Crippen LogP contribution in [-0.2, 0) is 0 Å². The maximum Gasteiger partial charge on any atom is 0.141 e. The molecule has 3 aromatic heterocycles. The molecule has 3 heterocycles. The first-order valence-corrected chi connectivity index (χ1v) is 11.6. The number of hydrogen-bond acceptors (Lipinski definition) is 6. The number of ether oxygens (including phenoxy) is 1. The maximum atomic E-state index is 5.93. The van der Waals surface area contributed by atoms with E-state index in [1.54, 1.807) is 7.11 Å². The van der Waals surface area contributed by atoms with E-state index in [0.717, 1.165) is 67.9 Å². The summed E-state index contributed by atoms with van der Waals surface area (Å²) in [6, 6.07) is 6.25. The molecule has 0 aliphatic heterocycles. The van der Waals surface area contributed by atoms with Gasteiger partial charge in [-0.3, -0.25) is 10.8 Å². The second-order valence-corrected chi connectivity index (χ2v) is 9.04. The smallest absolute Gasteiger partial charge is 0.141 e. The molecule has 1 aliphatic rings. The lowest BCUT2D eigenvalue weighted by molar-refractivity contribution is 0.393. The van der Waals surface area contributed by atoms with Gasteiger partial charge in [0.05, 0.1) is 29.6 Å². The quantitative estimate of drug-likeness (QED) is 0.252. The summed E-state index contributed by atoms with van der Waals surface area (Å²) in [6.07, 6.45) is 5.46. The second-order valence-electron chi connectivity index (χ2n) is 9.04. The Morgan fingerprint density at radius 3 is 2.70 bits per heavy atom. The van der Waals surface area contributed by atoms with Crippen LogP contribution in [0.25, 0.3) is 38.5 Å². The Kier molecular flexibility index (Phi) is 5.37. The van der Waals surface area contributed by atoms with Crippen molar-refractivity contribution in [2.24, 2.45) is 17.7 Å². The van der Waals surface area contributed by atoms with Gasteiger partial charge < -0.3 is 19.7 Å². The van der Waals surface area contributed by atoms with Gasteiger partial charge in [-0.25, -0.2) is 0 Å². The third-order valence-corrected chi connectivity index (χ3v) is 7.01. The molecule has 1 unspecified atom stereocenters. The fourth-order valence-corrected chi connectivity index (χ4v) is 5.29. The number of H-pyrrole nitrogens is 1. The van der Waals surface area contributed by atoms with Crippen molar-refractivity contribution in [3.63, 3.8) is 0 Å². The van der Waals surface area contributed by atoms with Gasteiger partial charge in [-0.2, -0.15) is 0 Å². The van der Waals surface area contributed by atoms with Crippen molar-refractivity contribution in [1.82, 2.24) is 20.6 Å². The zero-order valence-corrected chi connectivity index (χ0v) is 19.9. The lowest BCUT2D eigenvalue weighted by Crippen LogP contribution is -2.23. The fourth-order valence-electron chi connectivity index (χ4n) is 5.29. The van der Waals surface area contributed by atoms with Crippen LogP contribution in [0.15, 0.2) is 34.6 Å². The number of aromatic nitrogens is 3. The summed E-state index contributed by atoms with van der Waals surface area (Å²) in [4.78, 5) is 8.50. The number of nitrogens with zero attached hydrogens (tertiary/aromatic N) is 2. The van der Waals surface area contributed by atoms with Crippen LogP contribution in [-0.4, -0.2) is 22.2 Å². The van der Waals surface area contributed by atoms with Crippen molar-refractivity contribution in [3.8, 4) is 16.9 Å². The molecule has 0 bridgehead atoms. The van der Waals surface area contributed by atoms with E-state index in [1.165, 1.54) is 18.4 Å². The molecule has 0 saturated heterocycles. The highest BCUT2D eigenvalue weighted by atomic mass is 16.5. The summed E-state index contributed by atoms with van der Waals surface area (Å²) >= 11 is 0. The Labute approximate surface area is 193 Å². The zero-order chi connectivity index (χ0) is 23.3. The van der Waals surface area contributed by atoms with Crippen LogP contribution in [0, 0.1) is 25.7 Å². The van der Waals surface area contributed by atoms with E-state index >= 15 is 0 Å². The van der Waals surface area contributed by atoms with Crippen molar-refractivity contribution >= 4 is 27.4 Å². The van der Waals surface area contributed by atoms with Crippen LogP contribution in [0.2, 0.25) is 0 Å². The average molecular weight is 446 g/mol. The number of pyridine rings is 1. The van der Waals surface area contributed by atoms with Crippen molar-refractivity contribution in [2.75, 3.05) is 7.11 Å². The Morgan fingerprint density at radius 2 is 2.09 bits per heavy atom. The highest BCUT2D eigenvalue weighted by Crippen LogP contribution is 2.48. The molecule has 4 N–H and O–H groups in total. The number of rotatable bonds is 7. The molecule has 1 aliphatic carbocycles. The summed E-state index contributed by atoms with van der Waals surface area (Å²) in [7, 11) is 1.70. The van der Waals surface area contributed by atoms with Gasteiger partial charge in [0.25, 0.3) is 0 Å². The van der Waals surface area contributed by atoms with Crippen LogP contribution in [0.1, 0.15) is 50.3 Å². The van der Waals surface area contributed by atoms with Gasteiger partial charge in [-0.15, -0.1) is 0 Å². The number of benzene rings is 1. The van der Waals surface area contributed by atoms with Crippen LogP contribution in [0.4, 0.5) is 0 Å². The maximum absolute atomic E-state index is 5.93. The highest BCUT2D eigenvalue weighted by Gasteiger charge is 2.35. The molecule has 172 valence electrons. The van der Waals surface area contributed by atoms with Crippen LogP contribution in [0.5, 0.6) is 5.75 Å². The lowest BCUT2D eigenvalue weighted by atomic mass is 9.86. The topological polar surface area (TPSA) is 102 Å². The molecule has 7 nitrogen and oxygen atoms in total. The van der Waals surface area contributed by atoms with E-state index in [-0.39, 0.29) is 0 Å². The minimum absolute atomic E-state index is 0.424. The third kappa shape index (κ3) is 3.47. The average Bonchev–Trinajstić information content (AvgIpc) is 3.51. The number of aryl methyl sites for hydroxylation is 2. The van der Waals surface area contributed by atoms with Crippen molar-refractivity contribution in [3.05, 3.63) is 47.2 Å². The SMILES string of the molecule is CCC(/C(=C(/C)NN)c1nccc2[nH]c3cc(-c4c(C)noc4C)c(OC)cc3c12)C1CC1. The van der Waals surface area contributed by atoms with Gasteiger partial charge in [-0.1, -0.05) is 12.1 Å². The molecule has 5 rings (SSSR count). The molecular formula is C26H31N5O2. The van der Waals surface area contributed by atoms with E-state index in [4.69, 9.17) is 20.1 Å². The third-order valence-electron chi connectivity index (χ3n) is 7.01. The molecule has 4 aromatic rings. The van der Waals surface area contributed by atoms with E-state index in [9.17, 15) is 0 Å². The lowest BCUT2D eigenvalue weighted by Gasteiger charge is -2.22. The minimum atomic E-state index is 0.424. The van der Waals surface area contributed by atoms with E-state index in [2.05, 4.69) is 34.6 Å². The predicted molar refractivity (Wildman–Crippen MR) is 132 cm³/mol. The zero-order valence-electron chi connectivity index (χ0n) is 19.9. The summed E-state index contributed by atoms with van der Waals surface area (Å²) in [6.45, 7) is 8.17. The predicted octanol–water partition coefficient (Wildman–Crippen LogP) is 5.63. The number of methoxy groups -OCH3 is 1. The Morgan fingerprint density at radius 1 is 1.30 bits per heavy atom. The van der Waals surface area contributed by atoms with Crippen LogP contribution < -0.4 is 16.0 Å². The number of nitrogens with one attached hydrogen (secondary N) is 2. The molecule has 1 aromatic carbocycles. The largest absolute Gasteiger partial charge is 0.496 e. The van der Waals surface area contributed by atoms with Gasteiger partial charge in [0.2, 0.25) is 0 Å². The normalized spacial score (nSPS) is 15.7. The fraction of sp³-hybridized carbons (Fsp3) is 0.385. The number of hydrogen-bond donors (Lipinski definition) is 3. The Balaban J connectivity index is 1.80. The summed E-state index contributed by atoms with van der Waals surface area (Å²) in [5.74, 6) is 8.59. The molecule has 0 radical (unpaired) electrons. The molecule has 33 heavy (non-hydrogen) atoms. The second kappa shape index (κ2) is 8.23. The van der Waals surface area contributed by atoms with Gasteiger partial charge in [0, 0.05) is 39.3 Å². The molecule has 0 amide bonds. The Bertz CT molecular complexity index is 1360. The first-order chi connectivity index (χ1) is 16.0. The highest BCUT2D eigenvalue weighted by molar-refractivity contribution is 6.13. The van der Waals surface area contributed by atoms with Crippen molar-refractivity contribution in [2.45, 2.75) is 47.0 Å². The van der Waals surface area contributed by atoms with E-state index < -0.39 is 0 Å². The van der Waals surface area contributed by atoms with E-state index in [0.29, 0.717) is 11.8 Å². The number of allylic oxidation sites excluding steroid dienone is 2. The van der Waals surface area contributed by atoms with Crippen LogP contribution >= 0.6 is 0 Å².